The van der Waals surface area contributed by atoms with E-state index in [0.717, 1.165) is 23.4 Å². The average molecular weight is 390 g/mol. The van der Waals surface area contributed by atoms with E-state index in [4.69, 9.17) is 4.74 Å². The third-order valence-electron chi connectivity index (χ3n) is 5.41. The van der Waals surface area contributed by atoms with E-state index < -0.39 is 0 Å². The van der Waals surface area contributed by atoms with Gasteiger partial charge in [0.15, 0.2) is 0 Å². The first-order valence-corrected chi connectivity index (χ1v) is 9.96. The maximum absolute atomic E-state index is 12.7. The standard InChI is InChI=1S/C23H26N4O2/c1-16-11-17(2)27(26-16)13-19-3-5-20(6-4-19)23(28)25-22-15-29-14-21(22)12-18-7-9-24-10-8-18/h3-11,21-22H,12-15H2,1-2H3,(H,25,28)/t21-,22-/m1/s1. The lowest BCUT2D eigenvalue weighted by atomic mass is 9.95. The van der Waals surface area contributed by atoms with Gasteiger partial charge in [0.2, 0.25) is 0 Å². The van der Waals surface area contributed by atoms with E-state index in [1.807, 2.05) is 54.9 Å². The molecule has 4 rings (SSSR count). The number of carbonyl (C=O) groups excluding carboxylic acids is 1. The zero-order valence-corrected chi connectivity index (χ0v) is 16.8. The minimum absolute atomic E-state index is 0.0186. The zero-order valence-electron chi connectivity index (χ0n) is 16.8. The molecule has 0 unspecified atom stereocenters. The number of pyridine rings is 1. The Morgan fingerprint density at radius 3 is 2.55 bits per heavy atom. The Labute approximate surface area is 170 Å². The fourth-order valence-corrected chi connectivity index (χ4v) is 3.80. The molecule has 3 aromatic rings. The smallest absolute Gasteiger partial charge is 0.251 e. The second-order valence-corrected chi connectivity index (χ2v) is 7.72. The van der Waals surface area contributed by atoms with Gasteiger partial charge in [0.1, 0.15) is 0 Å². The van der Waals surface area contributed by atoms with E-state index in [2.05, 4.69) is 21.5 Å². The number of hydrogen-bond donors (Lipinski definition) is 1. The number of amides is 1. The zero-order chi connectivity index (χ0) is 20.2. The summed E-state index contributed by atoms with van der Waals surface area (Å²) in [4.78, 5) is 16.8. The van der Waals surface area contributed by atoms with E-state index >= 15 is 0 Å². The van der Waals surface area contributed by atoms with Gasteiger partial charge in [0.05, 0.1) is 31.5 Å². The summed E-state index contributed by atoms with van der Waals surface area (Å²) in [5.74, 6) is 0.213. The highest BCUT2D eigenvalue weighted by atomic mass is 16.5. The summed E-state index contributed by atoms with van der Waals surface area (Å²) >= 11 is 0. The molecule has 6 nitrogen and oxygen atoms in total. The maximum Gasteiger partial charge on any atom is 0.251 e. The first-order chi connectivity index (χ1) is 14.1. The van der Waals surface area contributed by atoms with Crippen LogP contribution in [0.15, 0.2) is 54.9 Å². The van der Waals surface area contributed by atoms with Gasteiger partial charge >= 0.3 is 0 Å². The van der Waals surface area contributed by atoms with Crippen molar-refractivity contribution in [3.8, 4) is 0 Å². The summed E-state index contributed by atoms with van der Waals surface area (Å²) in [5, 5.41) is 7.64. The molecule has 2 aromatic heterocycles. The van der Waals surface area contributed by atoms with Crippen LogP contribution >= 0.6 is 0 Å². The van der Waals surface area contributed by atoms with Gasteiger partial charge in [-0.25, -0.2) is 0 Å². The van der Waals surface area contributed by atoms with Crippen LogP contribution in [0.2, 0.25) is 0 Å². The molecule has 0 saturated carbocycles. The number of aryl methyl sites for hydroxylation is 2. The van der Waals surface area contributed by atoms with E-state index in [-0.39, 0.29) is 17.9 Å². The number of carbonyl (C=O) groups is 1. The number of ether oxygens (including phenoxy) is 1. The number of aromatic nitrogens is 3. The summed E-state index contributed by atoms with van der Waals surface area (Å²) in [6.45, 7) is 5.96. The van der Waals surface area contributed by atoms with Crippen molar-refractivity contribution in [3.63, 3.8) is 0 Å². The molecule has 1 N–H and O–H groups in total. The highest BCUT2D eigenvalue weighted by Gasteiger charge is 2.29. The topological polar surface area (TPSA) is 69.0 Å². The predicted molar refractivity (Wildman–Crippen MR) is 111 cm³/mol. The monoisotopic (exact) mass is 390 g/mol. The highest BCUT2D eigenvalue weighted by molar-refractivity contribution is 5.94. The summed E-state index contributed by atoms with van der Waals surface area (Å²) in [6.07, 6.45) is 4.47. The molecule has 2 atom stereocenters. The SMILES string of the molecule is Cc1cc(C)n(Cc2ccc(C(=O)N[C@@H]3COC[C@H]3Cc3ccncc3)cc2)n1. The van der Waals surface area contributed by atoms with Gasteiger partial charge in [-0.3, -0.25) is 14.5 Å². The Morgan fingerprint density at radius 2 is 1.86 bits per heavy atom. The van der Waals surface area contributed by atoms with E-state index in [1.54, 1.807) is 12.4 Å². The van der Waals surface area contributed by atoms with Crippen molar-refractivity contribution in [3.05, 3.63) is 82.9 Å². The summed E-state index contributed by atoms with van der Waals surface area (Å²) in [5.41, 5.74) is 5.14. The van der Waals surface area contributed by atoms with Gasteiger partial charge in [-0.05, 0) is 61.7 Å². The molecule has 1 aliphatic heterocycles. The van der Waals surface area contributed by atoms with Crippen LogP contribution in [0.25, 0.3) is 0 Å². The highest BCUT2D eigenvalue weighted by Crippen LogP contribution is 2.19. The number of nitrogens with one attached hydrogen (secondary N) is 1. The molecule has 6 heteroatoms. The average Bonchev–Trinajstić information content (AvgIpc) is 3.28. The Bertz CT molecular complexity index is 966. The summed E-state index contributed by atoms with van der Waals surface area (Å²) in [7, 11) is 0. The first kappa shape index (κ1) is 19.3. The fourth-order valence-electron chi connectivity index (χ4n) is 3.80. The molecule has 0 aliphatic carbocycles. The van der Waals surface area contributed by atoms with Crippen LogP contribution in [0.4, 0.5) is 0 Å². The van der Waals surface area contributed by atoms with Crippen molar-refractivity contribution in [1.29, 1.82) is 0 Å². The Kier molecular flexibility index (Phi) is 5.71. The Balaban J connectivity index is 1.37. The van der Waals surface area contributed by atoms with Gasteiger partial charge < -0.3 is 10.1 Å². The molecule has 29 heavy (non-hydrogen) atoms. The minimum Gasteiger partial charge on any atom is -0.379 e. The summed E-state index contributed by atoms with van der Waals surface area (Å²) < 4.78 is 7.61. The Morgan fingerprint density at radius 1 is 1.10 bits per heavy atom. The van der Waals surface area contributed by atoms with Crippen LogP contribution in [0.3, 0.4) is 0 Å². The van der Waals surface area contributed by atoms with Crippen LogP contribution in [0.1, 0.15) is 32.9 Å². The largest absolute Gasteiger partial charge is 0.379 e. The van der Waals surface area contributed by atoms with Crippen molar-refractivity contribution in [2.45, 2.75) is 32.9 Å². The summed E-state index contributed by atoms with van der Waals surface area (Å²) in [6, 6.07) is 13.8. The molecule has 0 spiro atoms. The van der Waals surface area contributed by atoms with Crippen LogP contribution < -0.4 is 5.32 Å². The van der Waals surface area contributed by atoms with Crippen LogP contribution in [0, 0.1) is 19.8 Å². The lowest BCUT2D eigenvalue weighted by Gasteiger charge is -2.19. The van der Waals surface area contributed by atoms with E-state index in [0.29, 0.717) is 25.3 Å². The third-order valence-corrected chi connectivity index (χ3v) is 5.41. The Hall–Kier alpha value is -2.99. The second kappa shape index (κ2) is 8.57. The quantitative estimate of drug-likeness (QED) is 0.703. The van der Waals surface area contributed by atoms with E-state index in [9.17, 15) is 4.79 Å². The molecule has 0 bridgehead atoms. The molecule has 1 fully saturated rings. The van der Waals surface area contributed by atoms with Gasteiger partial charge in [0, 0.05) is 29.6 Å². The molecular formula is C23H26N4O2. The minimum atomic E-state index is -0.0575. The normalized spacial score (nSPS) is 18.7. The van der Waals surface area contributed by atoms with Crippen LogP contribution in [-0.4, -0.2) is 39.9 Å². The van der Waals surface area contributed by atoms with Crippen molar-refractivity contribution in [2.24, 2.45) is 5.92 Å². The maximum atomic E-state index is 12.7. The van der Waals surface area contributed by atoms with E-state index in [1.165, 1.54) is 5.56 Å². The van der Waals surface area contributed by atoms with Gasteiger partial charge in [-0.1, -0.05) is 12.1 Å². The van der Waals surface area contributed by atoms with Gasteiger partial charge in [-0.2, -0.15) is 5.10 Å². The van der Waals surface area contributed by atoms with Crippen LogP contribution in [-0.2, 0) is 17.7 Å². The van der Waals surface area contributed by atoms with Gasteiger partial charge in [-0.15, -0.1) is 0 Å². The number of hydrogen-bond acceptors (Lipinski definition) is 4. The predicted octanol–water partition coefficient (Wildman–Crippen LogP) is 2.93. The molecule has 1 aliphatic rings. The second-order valence-electron chi connectivity index (χ2n) is 7.72. The van der Waals surface area contributed by atoms with Crippen molar-refractivity contribution < 1.29 is 9.53 Å². The van der Waals surface area contributed by atoms with Crippen molar-refractivity contribution in [2.75, 3.05) is 13.2 Å². The molecule has 3 heterocycles. The third kappa shape index (κ3) is 4.71. The number of nitrogens with zero attached hydrogens (tertiary/aromatic N) is 3. The molecule has 0 radical (unpaired) electrons. The van der Waals surface area contributed by atoms with Crippen molar-refractivity contribution >= 4 is 5.91 Å². The molecule has 1 aromatic carbocycles. The first-order valence-electron chi connectivity index (χ1n) is 9.96. The molecule has 1 saturated heterocycles. The fraction of sp³-hybridized carbons (Fsp3) is 0.348. The van der Waals surface area contributed by atoms with Crippen LogP contribution in [0.5, 0.6) is 0 Å². The van der Waals surface area contributed by atoms with Crippen molar-refractivity contribution in [1.82, 2.24) is 20.1 Å². The number of benzene rings is 1. The molecule has 150 valence electrons. The van der Waals surface area contributed by atoms with Gasteiger partial charge in [0.25, 0.3) is 5.91 Å². The molecular weight excluding hydrogens is 364 g/mol. The number of rotatable bonds is 6. The lowest BCUT2D eigenvalue weighted by molar-refractivity contribution is 0.0925. The molecule has 1 amide bonds. The lowest BCUT2D eigenvalue weighted by Crippen LogP contribution is -2.40.